The summed E-state index contributed by atoms with van der Waals surface area (Å²) in [5, 5.41) is 3.83. The van der Waals surface area contributed by atoms with E-state index in [2.05, 4.69) is 5.32 Å². The lowest BCUT2D eigenvalue weighted by molar-refractivity contribution is -0.141. The van der Waals surface area contributed by atoms with Gasteiger partial charge in [0.25, 0.3) is 0 Å². The second kappa shape index (κ2) is 13.2. The van der Waals surface area contributed by atoms with E-state index >= 15 is 0 Å². The Morgan fingerprint density at radius 3 is 2.32 bits per heavy atom. The molecule has 2 aromatic carbocycles. The molecule has 0 aliphatic heterocycles. The second-order valence-electron chi connectivity index (χ2n) is 8.69. The summed E-state index contributed by atoms with van der Waals surface area (Å²) in [6.45, 7) is 2.74. The molecule has 184 valence electrons. The first-order valence-electron chi connectivity index (χ1n) is 12.1. The smallest absolute Gasteiger partial charge is 0.243 e. The first-order chi connectivity index (χ1) is 16.5. The number of nitrogens with zero attached hydrogens (tertiary/aromatic N) is 1. The average Bonchev–Trinajstić information content (AvgIpc) is 3.36. The van der Waals surface area contributed by atoms with Gasteiger partial charge in [0.2, 0.25) is 11.8 Å². The first-order valence-corrected chi connectivity index (χ1v) is 12.5. The molecule has 0 saturated heterocycles. The molecule has 2 aromatic rings. The number of carbonyl (C=O) groups excluding carboxylic acids is 2. The maximum absolute atomic E-state index is 13.3. The van der Waals surface area contributed by atoms with Crippen molar-refractivity contribution < 1.29 is 19.1 Å². The van der Waals surface area contributed by atoms with Crippen LogP contribution in [0.3, 0.4) is 0 Å². The number of nitrogens with one attached hydrogen (secondary N) is 1. The number of methoxy groups -OCH3 is 1. The third-order valence-electron chi connectivity index (χ3n) is 6.22. The Hall–Kier alpha value is -2.73. The van der Waals surface area contributed by atoms with Crippen LogP contribution in [0.1, 0.15) is 57.4 Å². The van der Waals surface area contributed by atoms with Crippen molar-refractivity contribution in [3.05, 3.63) is 59.1 Å². The molecule has 1 saturated carbocycles. The average molecular weight is 487 g/mol. The van der Waals surface area contributed by atoms with E-state index < -0.39 is 6.04 Å². The summed E-state index contributed by atoms with van der Waals surface area (Å²) in [5.74, 6) is 1.36. The lowest BCUT2D eigenvalue weighted by Gasteiger charge is -2.31. The molecule has 2 amide bonds. The summed E-state index contributed by atoms with van der Waals surface area (Å²) < 4.78 is 11.0. The largest absolute Gasteiger partial charge is 0.497 e. The van der Waals surface area contributed by atoms with Gasteiger partial charge < -0.3 is 19.7 Å². The van der Waals surface area contributed by atoms with E-state index in [-0.39, 0.29) is 17.9 Å². The number of hydrogen-bond acceptors (Lipinski definition) is 4. The fourth-order valence-corrected chi connectivity index (χ4v) is 4.43. The number of hydrogen-bond donors (Lipinski definition) is 1. The minimum Gasteiger partial charge on any atom is -0.497 e. The number of benzene rings is 2. The van der Waals surface area contributed by atoms with Gasteiger partial charge in [0.1, 0.15) is 17.5 Å². The van der Waals surface area contributed by atoms with Crippen LogP contribution in [0.25, 0.3) is 0 Å². The van der Waals surface area contributed by atoms with Crippen LogP contribution in [0.4, 0.5) is 0 Å². The fraction of sp³-hybridized carbons (Fsp3) is 0.481. The van der Waals surface area contributed by atoms with Gasteiger partial charge in [-0.2, -0.15) is 0 Å². The SMILES string of the molecule is CCC(C(=O)NC1CCCC1)N(Cc1ccc(OC)cc1)C(=O)CCCOc1ccc(Cl)cc1. The molecular weight excluding hydrogens is 452 g/mol. The van der Waals surface area contributed by atoms with Crippen molar-refractivity contribution in [2.45, 2.75) is 70.5 Å². The molecule has 0 heterocycles. The van der Waals surface area contributed by atoms with Crippen molar-refractivity contribution in [1.82, 2.24) is 10.2 Å². The molecule has 3 rings (SSSR count). The van der Waals surface area contributed by atoms with Crippen LogP contribution in [-0.2, 0) is 16.1 Å². The van der Waals surface area contributed by atoms with Gasteiger partial charge in [0.15, 0.2) is 0 Å². The van der Waals surface area contributed by atoms with Crippen molar-refractivity contribution in [3.8, 4) is 11.5 Å². The highest BCUT2D eigenvalue weighted by atomic mass is 35.5. The molecule has 1 unspecified atom stereocenters. The van der Waals surface area contributed by atoms with Crippen molar-refractivity contribution in [2.24, 2.45) is 0 Å². The molecule has 0 aromatic heterocycles. The van der Waals surface area contributed by atoms with E-state index in [0.29, 0.717) is 43.2 Å². The van der Waals surface area contributed by atoms with Gasteiger partial charge in [0, 0.05) is 24.0 Å². The van der Waals surface area contributed by atoms with Crippen LogP contribution in [-0.4, -0.2) is 42.5 Å². The van der Waals surface area contributed by atoms with Crippen LogP contribution in [0.2, 0.25) is 5.02 Å². The Kier molecular flexibility index (Phi) is 10.1. The van der Waals surface area contributed by atoms with E-state index in [1.165, 1.54) is 0 Å². The summed E-state index contributed by atoms with van der Waals surface area (Å²) >= 11 is 5.91. The van der Waals surface area contributed by atoms with Gasteiger partial charge in [-0.15, -0.1) is 0 Å². The van der Waals surface area contributed by atoms with Gasteiger partial charge >= 0.3 is 0 Å². The van der Waals surface area contributed by atoms with Crippen molar-refractivity contribution in [3.63, 3.8) is 0 Å². The first kappa shape index (κ1) is 25.9. The lowest BCUT2D eigenvalue weighted by atomic mass is 10.1. The van der Waals surface area contributed by atoms with Crippen molar-refractivity contribution in [1.29, 1.82) is 0 Å². The molecule has 1 aliphatic carbocycles. The lowest BCUT2D eigenvalue weighted by Crippen LogP contribution is -2.50. The molecule has 1 N–H and O–H groups in total. The van der Waals surface area contributed by atoms with Crippen molar-refractivity contribution in [2.75, 3.05) is 13.7 Å². The van der Waals surface area contributed by atoms with Gasteiger partial charge in [-0.05, 0) is 67.6 Å². The number of carbonyl (C=O) groups is 2. The monoisotopic (exact) mass is 486 g/mol. The molecule has 7 heteroatoms. The highest BCUT2D eigenvalue weighted by Crippen LogP contribution is 2.21. The van der Waals surface area contributed by atoms with Gasteiger partial charge in [-0.1, -0.05) is 43.5 Å². The highest BCUT2D eigenvalue weighted by molar-refractivity contribution is 6.30. The van der Waals surface area contributed by atoms with Crippen LogP contribution >= 0.6 is 11.6 Å². The third kappa shape index (κ3) is 7.66. The Labute approximate surface area is 207 Å². The summed E-state index contributed by atoms with van der Waals surface area (Å²) in [6.07, 6.45) is 5.72. The van der Waals surface area contributed by atoms with Crippen LogP contribution < -0.4 is 14.8 Å². The second-order valence-corrected chi connectivity index (χ2v) is 9.13. The van der Waals surface area contributed by atoms with Crippen LogP contribution in [0.15, 0.2) is 48.5 Å². The Balaban J connectivity index is 1.64. The number of halogens is 1. The summed E-state index contributed by atoms with van der Waals surface area (Å²) in [4.78, 5) is 28.2. The van der Waals surface area contributed by atoms with E-state index in [0.717, 1.165) is 37.0 Å². The third-order valence-corrected chi connectivity index (χ3v) is 6.47. The Bertz CT molecular complexity index is 911. The van der Waals surface area contributed by atoms with Gasteiger partial charge in [-0.25, -0.2) is 0 Å². The van der Waals surface area contributed by atoms with E-state index in [9.17, 15) is 9.59 Å². The predicted molar refractivity (Wildman–Crippen MR) is 134 cm³/mol. The van der Waals surface area contributed by atoms with E-state index in [1.54, 1.807) is 36.3 Å². The number of ether oxygens (including phenoxy) is 2. The number of rotatable bonds is 12. The normalized spacial score (nSPS) is 14.4. The predicted octanol–water partition coefficient (Wildman–Crippen LogP) is 5.37. The Morgan fingerprint density at radius 1 is 1.06 bits per heavy atom. The highest BCUT2D eigenvalue weighted by Gasteiger charge is 2.30. The summed E-state index contributed by atoms with van der Waals surface area (Å²) in [6, 6.07) is 14.5. The molecule has 1 aliphatic rings. The zero-order chi connectivity index (χ0) is 24.3. The summed E-state index contributed by atoms with van der Waals surface area (Å²) in [7, 11) is 1.62. The van der Waals surface area contributed by atoms with Gasteiger partial charge in [0.05, 0.1) is 13.7 Å². The molecule has 0 bridgehead atoms. The Morgan fingerprint density at radius 2 is 1.71 bits per heavy atom. The number of amides is 2. The zero-order valence-electron chi connectivity index (χ0n) is 20.1. The molecule has 0 spiro atoms. The standard InChI is InChI=1S/C27H35ClN2O4/c1-3-25(27(32)29-22-7-4-5-8-22)30(19-20-10-14-23(33-2)15-11-20)26(31)9-6-18-34-24-16-12-21(28)13-17-24/h10-17,22,25H,3-9,18-19H2,1-2H3,(H,29,32). The molecule has 34 heavy (non-hydrogen) atoms. The summed E-state index contributed by atoms with van der Waals surface area (Å²) in [5.41, 5.74) is 0.957. The van der Waals surface area contributed by atoms with Crippen molar-refractivity contribution >= 4 is 23.4 Å². The quantitative estimate of drug-likeness (QED) is 0.409. The van der Waals surface area contributed by atoms with E-state index in [4.69, 9.17) is 21.1 Å². The van der Waals surface area contributed by atoms with Gasteiger partial charge in [-0.3, -0.25) is 9.59 Å². The minimum absolute atomic E-state index is 0.0519. The zero-order valence-corrected chi connectivity index (χ0v) is 20.9. The maximum Gasteiger partial charge on any atom is 0.243 e. The molecule has 0 radical (unpaired) electrons. The molecular formula is C27H35ClN2O4. The van der Waals surface area contributed by atoms with Crippen LogP contribution in [0, 0.1) is 0 Å². The molecule has 1 atom stereocenters. The fourth-order valence-electron chi connectivity index (χ4n) is 4.30. The molecule has 6 nitrogen and oxygen atoms in total. The maximum atomic E-state index is 13.3. The van der Waals surface area contributed by atoms with Crippen LogP contribution in [0.5, 0.6) is 11.5 Å². The van der Waals surface area contributed by atoms with E-state index in [1.807, 2.05) is 31.2 Å². The molecule has 1 fully saturated rings. The minimum atomic E-state index is -0.507. The topological polar surface area (TPSA) is 67.9 Å².